The molecule has 2 aromatic rings. The van der Waals surface area contributed by atoms with Crippen LogP contribution in [0.25, 0.3) is 11.2 Å². The van der Waals surface area contributed by atoms with Gasteiger partial charge in [-0.25, -0.2) is 24.1 Å². The topological polar surface area (TPSA) is 222 Å². The zero-order valence-corrected chi connectivity index (χ0v) is 16.0. The number of phosphoric acid groups is 2. The first-order valence-corrected chi connectivity index (χ1v) is 10.6. The van der Waals surface area contributed by atoms with E-state index in [1.165, 1.54) is 24.3 Å². The van der Waals surface area contributed by atoms with E-state index >= 15 is 0 Å². The Kier molecular flexibility index (Phi) is 5.85. The molecule has 3 heterocycles. The molecule has 1 aliphatic rings. The van der Waals surface area contributed by atoms with Gasteiger partial charge in [0.25, 0.3) is 0 Å². The Balaban J connectivity index is 1.79. The maximum atomic E-state index is 11.6. The van der Waals surface area contributed by atoms with E-state index in [9.17, 15) is 19.1 Å². The maximum absolute atomic E-state index is 11.6. The highest BCUT2D eigenvalue weighted by Gasteiger charge is 2.47. The van der Waals surface area contributed by atoms with Crippen LogP contribution >= 0.6 is 15.6 Å². The summed E-state index contributed by atoms with van der Waals surface area (Å²) in [5.41, 5.74) is 6.32. The predicted octanol–water partition coefficient (Wildman–Crippen LogP) is -1.09. The van der Waals surface area contributed by atoms with Crippen molar-refractivity contribution in [3.8, 4) is 0 Å². The molecule has 6 N–H and O–H groups in total. The van der Waals surface area contributed by atoms with E-state index in [0.717, 1.165) is 0 Å². The number of hydrogen-bond donors (Lipinski definition) is 5. The van der Waals surface area contributed by atoms with Crippen molar-refractivity contribution in [2.75, 3.05) is 19.5 Å². The first kappa shape index (κ1) is 21.2. The zero-order valence-electron chi connectivity index (χ0n) is 14.2. The van der Waals surface area contributed by atoms with E-state index in [1.807, 2.05) is 0 Å². The lowest BCUT2D eigenvalue weighted by Crippen LogP contribution is -2.35. The van der Waals surface area contributed by atoms with Gasteiger partial charge in [-0.15, -0.1) is 0 Å². The molecular weight excluding hydrogens is 424 g/mol. The number of anilines is 1. The summed E-state index contributed by atoms with van der Waals surface area (Å²) in [5.74, 6) is 0.131. The lowest BCUT2D eigenvalue weighted by atomic mass is 10.1. The molecule has 0 amide bonds. The van der Waals surface area contributed by atoms with Crippen molar-refractivity contribution in [1.82, 2.24) is 19.5 Å². The van der Waals surface area contributed by atoms with Gasteiger partial charge in [-0.2, -0.15) is 4.31 Å². The highest BCUT2D eigenvalue weighted by Crippen LogP contribution is 2.57. The second kappa shape index (κ2) is 7.72. The summed E-state index contributed by atoms with van der Waals surface area (Å²) in [6.07, 6.45) is -1.90. The predicted molar refractivity (Wildman–Crippen MR) is 89.4 cm³/mol. The molecule has 0 radical (unpaired) electrons. The van der Waals surface area contributed by atoms with Crippen molar-refractivity contribution in [2.45, 2.75) is 24.5 Å². The fourth-order valence-electron chi connectivity index (χ4n) is 2.72. The van der Waals surface area contributed by atoms with Gasteiger partial charge in [-0.3, -0.25) is 9.09 Å². The molecule has 1 saturated heterocycles. The zero-order chi connectivity index (χ0) is 20.7. The van der Waals surface area contributed by atoms with Crippen molar-refractivity contribution in [3.05, 3.63) is 12.7 Å². The molecule has 156 valence electrons. The molecule has 0 saturated carbocycles. The Labute approximate surface area is 156 Å². The fourth-order valence-corrected chi connectivity index (χ4v) is 4.32. The Morgan fingerprint density at radius 1 is 1.29 bits per heavy atom. The number of ether oxygens (including phenoxy) is 2. The Bertz CT molecular complexity index is 949. The van der Waals surface area contributed by atoms with E-state index in [4.69, 9.17) is 25.0 Å². The highest BCUT2D eigenvalue weighted by atomic mass is 31.3. The van der Waals surface area contributed by atoms with Crippen LogP contribution in [0, 0.1) is 0 Å². The van der Waals surface area contributed by atoms with Crippen LogP contribution in [0.3, 0.4) is 0 Å². The number of methoxy groups -OCH3 is 1. The van der Waals surface area contributed by atoms with Gasteiger partial charge >= 0.3 is 15.6 Å². The number of fused-ring (bicyclic) bond motifs is 1. The molecule has 1 fully saturated rings. The monoisotopic (exact) mass is 441 g/mol. The normalized spacial score (nSPS) is 27.9. The standard InChI is InChI=1S/C11H17N5O10P2/c1-23-8-7(17)5(2-24-28(21,22)26-27(18,19)20)25-11(8)16-4-15-6-9(12)13-3-14-10(6)16/h3-5,7-8,11,17H,2H2,1H3,(H,21,22)(H2,12,13,14)(H2,18,19,20). The number of hydrogen-bond acceptors (Lipinski definition) is 11. The number of imidazole rings is 1. The number of nitrogens with zero attached hydrogens (tertiary/aromatic N) is 4. The number of phosphoric ester groups is 1. The van der Waals surface area contributed by atoms with Crippen molar-refractivity contribution >= 4 is 32.6 Å². The molecule has 5 atom stereocenters. The van der Waals surface area contributed by atoms with Crippen LogP contribution in [0.15, 0.2) is 12.7 Å². The molecule has 1 aliphatic heterocycles. The smallest absolute Gasteiger partial charge is 0.387 e. The molecule has 5 unspecified atom stereocenters. The summed E-state index contributed by atoms with van der Waals surface area (Å²) >= 11 is 0. The van der Waals surface area contributed by atoms with Crippen LogP contribution in [0.1, 0.15) is 6.23 Å². The van der Waals surface area contributed by atoms with Gasteiger partial charge in [-0.05, 0) is 0 Å². The second-order valence-corrected chi connectivity index (χ2v) is 8.51. The summed E-state index contributed by atoms with van der Waals surface area (Å²) in [6, 6.07) is 0. The SMILES string of the molecule is COC1C(O)C(COP(=O)(O)OP(=O)(O)O)OC1n1cnc2c(N)ncnc21. The first-order chi connectivity index (χ1) is 13.0. The number of nitrogens with two attached hydrogens (primary N) is 1. The third-order valence-corrected chi connectivity index (χ3v) is 6.01. The van der Waals surface area contributed by atoms with Crippen molar-refractivity contribution in [3.63, 3.8) is 0 Å². The summed E-state index contributed by atoms with van der Waals surface area (Å²) < 4.78 is 42.8. The third-order valence-electron chi connectivity index (χ3n) is 3.86. The van der Waals surface area contributed by atoms with Crippen LogP contribution < -0.4 is 5.73 Å². The summed E-state index contributed by atoms with van der Waals surface area (Å²) in [7, 11) is -9.06. The van der Waals surface area contributed by atoms with Crippen LogP contribution in [0.5, 0.6) is 0 Å². The van der Waals surface area contributed by atoms with Crippen LogP contribution in [0.2, 0.25) is 0 Å². The average molecular weight is 441 g/mol. The number of rotatable bonds is 7. The minimum atomic E-state index is -5.27. The summed E-state index contributed by atoms with van der Waals surface area (Å²) in [5, 5.41) is 10.4. The van der Waals surface area contributed by atoms with Crippen molar-refractivity contribution < 1.29 is 47.2 Å². The Hall–Kier alpha value is -1.51. The molecule has 17 heteroatoms. The molecule has 15 nitrogen and oxygen atoms in total. The van der Waals surface area contributed by atoms with Gasteiger partial charge in [0.1, 0.15) is 30.2 Å². The third kappa shape index (κ3) is 4.39. The largest absolute Gasteiger partial charge is 0.481 e. The van der Waals surface area contributed by atoms with Gasteiger partial charge in [0.05, 0.1) is 12.9 Å². The summed E-state index contributed by atoms with van der Waals surface area (Å²) in [4.78, 5) is 38.5. The molecule has 0 aromatic carbocycles. The minimum Gasteiger partial charge on any atom is -0.387 e. The van der Waals surface area contributed by atoms with E-state index in [-0.39, 0.29) is 5.82 Å². The van der Waals surface area contributed by atoms with E-state index < -0.39 is 46.8 Å². The van der Waals surface area contributed by atoms with Crippen LogP contribution in [-0.2, 0) is 27.4 Å². The second-order valence-electron chi connectivity index (χ2n) is 5.68. The molecule has 0 bridgehead atoms. The average Bonchev–Trinajstić information content (AvgIpc) is 3.12. The van der Waals surface area contributed by atoms with Gasteiger partial charge in [0.2, 0.25) is 0 Å². The van der Waals surface area contributed by atoms with Crippen LogP contribution in [-0.4, -0.2) is 71.3 Å². The number of aliphatic hydroxyl groups excluding tert-OH is 1. The van der Waals surface area contributed by atoms with Gasteiger partial charge in [0.15, 0.2) is 17.7 Å². The fraction of sp³-hybridized carbons (Fsp3) is 0.545. The first-order valence-electron chi connectivity index (χ1n) is 7.56. The lowest BCUT2D eigenvalue weighted by molar-refractivity contribution is -0.0577. The highest BCUT2D eigenvalue weighted by molar-refractivity contribution is 7.60. The quantitative estimate of drug-likeness (QED) is 0.322. The van der Waals surface area contributed by atoms with Crippen LogP contribution in [0.4, 0.5) is 5.82 Å². The summed E-state index contributed by atoms with van der Waals surface area (Å²) in [6.45, 7) is -0.727. The molecule has 0 aliphatic carbocycles. The van der Waals surface area contributed by atoms with Crippen molar-refractivity contribution in [1.29, 1.82) is 0 Å². The number of aliphatic hydroxyl groups is 1. The number of nitrogen functional groups attached to an aromatic ring is 1. The number of aromatic nitrogens is 4. The van der Waals surface area contributed by atoms with Crippen molar-refractivity contribution in [2.24, 2.45) is 0 Å². The maximum Gasteiger partial charge on any atom is 0.481 e. The molecular formula is C11H17N5O10P2. The molecule has 2 aromatic heterocycles. The minimum absolute atomic E-state index is 0.131. The van der Waals surface area contributed by atoms with Gasteiger partial charge < -0.3 is 35.0 Å². The molecule has 0 spiro atoms. The Morgan fingerprint density at radius 3 is 2.64 bits per heavy atom. The van der Waals surface area contributed by atoms with E-state index in [2.05, 4.69) is 23.8 Å². The van der Waals surface area contributed by atoms with E-state index in [0.29, 0.717) is 11.2 Å². The van der Waals surface area contributed by atoms with Gasteiger partial charge in [-0.1, -0.05) is 0 Å². The molecule has 3 rings (SSSR count). The molecule has 28 heavy (non-hydrogen) atoms. The Morgan fingerprint density at radius 2 is 2.00 bits per heavy atom. The lowest BCUT2D eigenvalue weighted by Gasteiger charge is -2.19. The van der Waals surface area contributed by atoms with Gasteiger partial charge in [0, 0.05) is 7.11 Å². The van der Waals surface area contributed by atoms with E-state index in [1.54, 1.807) is 0 Å².